The number of aromatic nitrogens is 2. The van der Waals surface area contributed by atoms with E-state index in [2.05, 4.69) is 41.8 Å². The lowest BCUT2D eigenvalue weighted by Gasteiger charge is -2.33. The third-order valence-corrected chi connectivity index (χ3v) is 6.06. The molecule has 29 heavy (non-hydrogen) atoms. The van der Waals surface area contributed by atoms with E-state index in [-0.39, 0.29) is 30.3 Å². The van der Waals surface area contributed by atoms with Crippen LogP contribution in [0.25, 0.3) is 0 Å². The Kier molecular flexibility index (Phi) is 6.15. The summed E-state index contributed by atoms with van der Waals surface area (Å²) in [6.45, 7) is 1.58. The van der Waals surface area contributed by atoms with Gasteiger partial charge in [-0.15, -0.1) is 0 Å². The normalized spacial score (nSPS) is 22.1. The van der Waals surface area contributed by atoms with Gasteiger partial charge in [-0.1, -0.05) is 22.0 Å². The third-order valence-electron chi connectivity index (χ3n) is 5.15. The predicted molar refractivity (Wildman–Crippen MR) is 115 cm³/mol. The van der Waals surface area contributed by atoms with Crippen molar-refractivity contribution >= 4 is 49.4 Å². The molecule has 0 spiro atoms. The number of nitrogens with zero attached hydrogens (tertiary/aromatic N) is 4. The number of halogens is 2. The van der Waals surface area contributed by atoms with Crippen molar-refractivity contribution in [2.45, 2.75) is 25.4 Å². The summed E-state index contributed by atoms with van der Waals surface area (Å²) in [5.74, 6) is -0.334. The highest BCUT2D eigenvalue weighted by Crippen LogP contribution is 2.29. The van der Waals surface area contributed by atoms with Gasteiger partial charge < -0.3 is 14.5 Å². The molecule has 7 nitrogen and oxygen atoms in total. The van der Waals surface area contributed by atoms with E-state index in [1.54, 1.807) is 17.3 Å². The highest BCUT2D eigenvalue weighted by Gasteiger charge is 2.38. The van der Waals surface area contributed by atoms with Crippen molar-refractivity contribution in [2.24, 2.45) is 5.92 Å². The number of anilines is 1. The molecule has 2 fully saturated rings. The maximum Gasteiger partial charge on any atom is 0.316 e. The zero-order valence-corrected chi connectivity index (χ0v) is 18.8. The second-order valence-corrected chi connectivity index (χ2v) is 9.07. The number of likely N-dealkylation sites (tertiary alicyclic amines) is 1. The Bertz CT molecular complexity index is 909. The summed E-state index contributed by atoms with van der Waals surface area (Å²) in [4.78, 5) is 37.4. The molecule has 0 radical (unpaired) electrons. The van der Waals surface area contributed by atoms with Crippen LogP contribution in [0.4, 0.5) is 5.69 Å². The Labute approximate surface area is 185 Å². The molecule has 1 aromatic heterocycles. The summed E-state index contributed by atoms with van der Waals surface area (Å²) in [6, 6.07) is 7.89. The van der Waals surface area contributed by atoms with Gasteiger partial charge in [-0.25, -0.2) is 9.97 Å². The molecule has 2 atom stereocenters. The van der Waals surface area contributed by atoms with Crippen molar-refractivity contribution in [1.29, 1.82) is 0 Å². The fourth-order valence-electron chi connectivity index (χ4n) is 3.77. The maximum atomic E-state index is 13.1. The smallest absolute Gasteiger partial charge is 0.316 e. The van der Waals surface area contributed by atoms with Crippen LogP contribution < -0.4 is 9.64 Å². The van der Waals surface area contributed by atoms with Crippen molar-refractivity contribution < 1.29 is 14.3 Å². The van der Waals surface area contributed by atoms with Crippen molar-refractivity contribution in [3.63, 3.8) is 0 Å². The SMILES string of the molecule is O=C(C1CC(=O)N(c2cccc(Br)c2)C1)N1CCCC(Oc2ncc(Br)cn2)C1. The molecule has 152 valence electrons. The maximum absolute atomic E-state index is 13.1. The lowest BCUT2D eigenvalue weighted by molar-refractivity contribution is -0.138. The Morgan fingerprint density at radius 1 is 1.14 bits per heavy atom. The Morgan fingerprint density at radius 3 is 2.69 bits per heavy atom. The molecule has 2 aliphatic heterocycles. The predicted octanol–water partition coefficient (Wildman–Crippen LogP) is 3.42. The minimum absolute atomic E-state index is 0.0147. The van der Waals surface area contributed by atoms with E-state index in [9.17, 15) is 9.59 Å². The van der Waals surface area contributed by atoms with Gasteiger partial charge in [0.15, 0.2) is 0 Å². The summed E-state index contributed by atoms with van der Waals surface area (Å²) < 4.78 is 7.55. The fourth-order valence-corrected chi connectivity index (χ4v) is 4.36. The van der Waals surface area contributed by atoms with Gasteiger partial charge in [-0.3, -0.25) is 9.59 Å². The summed E-state index contributed by atoms with van der Waals surface area (Å²) in [6.07, 6.45) is 5.05. The van der Waals surface area contributed by atoms with Crippen molar-refractivity contribution in [3.8, 4) is 6.01 Å². The van der Waals surface area contributed by atoms with E-state index >= 15 is 0 Å². The molecular weight excluding hydrogens is 504 g/mol. The van der Waals surface area contributed by atoms with Crippen molar-refractivity contribution in [2.75, 3.05) is 24.5 Å². The highest BCUT2D eigenvalue weighted by atomic mass is 79.9. The topological polar surface area (TPSA) is 75.6 Å². The second kappa shape index (κ2) is 8.79. The number of hydrogen-bond donors (Lipinski definition) is 0. The molecule has 1 aromatic carbocycles. The van der Waals surface area contributed by atoms with E-state index in [0.29, 0.717) is 25.6 Å². The summed E-state index contributed by atoms with van der Waals surface area (Å²) in [7, 11) is 0. The Morgan fingerprint density at radius 2 is 1.93 bits per heavy atom. The number of hydrogen-bond acceptors (Lipinski definition) is 5. The first-order valence-electron chi connectivity index (χ1n) is 9.48. The van der Waals surface area contributed by atoms with Crippen LogP contribution in [0.5, 0.6) is 6.01 Å². The van der Waals surface area contributed by atoms with Crippen LogP contribution in [0, 0.1) is 5.92 Å². The van der Waals surface area contributed by atoms with Gasteiger partial charge in [0, 0.05) is 42.1 Å². The third kappa shape index (κ3) is 4.78. The minimum Gasteiger partial charge on any atom is -0.458 e. The zero-order chi connectivity index (χ0) is 20.4. The Balaban J connectivity index is 1.38. The number of carbonyl (C=O) groups is 2. The van der Waals surface area contributed by atoms with Gasteiger partial charge in [-0.2, -0.15) is 0 Å². The first-order chi connectivity index (χ1) is 14.0. The molecular formula is C20H20Br2N4O3. The molecule has 4 rings (SSSR count). The summed E-state index contributed by atoms with van der Waals surface area (Å²) >= 11 is 6.73. The van der Waals surface area contributed by atoms with Gasteiger partial charge in [0.2, 0.25) is 11.8 Å². The number of rotatable bonds is 4. The molecule has 2 unspecified atom stereocenters. The second-order valence-electron chi connectivity index (χ2n) is 7.24. The first-order valence-corrected chi connectivity index (χ1v) is 11.1. The molecule has 0 bridgehead atoms. The van der Waals surface area contributed by atoms with Gasteiger partial charge in [-0.05, 0) is 47.0 Å². The summed E-state index contributed by atoms with van der Waals surface area (Å²) in [5.41, 5.74) is 0.812. The van der Waals surface area contributed by atoms with Crippen LogP contribution >= 0.6 is 31.9 Å². The fraction of sp³-hybridized carbons (Fsp3) is 0.400. The molecule has 2 amide bonds. The molecule has 3 heterocycles. The highest BCUT2D eigenvalue weighted by molar-refractivity contribution is 9.10. The van der Waals surface area contributed by atoms with Crippen LogP contribution in [0.2, 0.25) is 0 Å². The molecule has 0 saturated carbocycles. The molecule has 2 aliphatic rings. The van der Waals surface area contributed by atoms with Crippen LogP contribution in [0.3, 0.4) is 0 Å². The average Bonchev–Trinajstić information content (AvgIpc) is 3.11. The number of amides is 2. The van der Waals surface area contributed by atoms with Gasteiger partial charge in [0.25, 0.3) is 0 Å². The minimum atomic E-state index is -0.329. The molecule has 0 N–H and O–H groups in total. The average molecular weight is 524 g/mol. The van der Waals surface area contributed by atoms with E-state index in [4.69, 9.17) is 4.74 Å². The lowest BCUT2D eigenvalue weighted by atomic mass is 10.0. The first kappa shape index (κ1) is 20.3. The molecule has 9 heteroatoms. The standard InChI is InChI=1S/C20H20Br2N4O3/c21-14-3-1-4-16(8-14)26-11-13(7-18(26)27)19(28)25-6-2-5-17(12-25)29-20-23-9-15(22)10-24-20/h1,3-4,8-10,13,17H,2,5-7,11-12H2. The molecule has 0 aliphatic carbocycles. The van der Waals surface area contributed by atoms with Crippen molar-refractivity contribution in [1.82, 2.24) is 14.9 Å². The molecule has 2 aromatic rings. The number of benzene rings is 1. The van der Waals surface area contributed by atoms with Gasteiger partial charge >= 0.3 is 6.01 Å². The van der Waals surface area contributed by atoms with Crippen LogP contribution in [0.15, 0.2) is 45.6 Å². The van der Waals surface area contributed by atoms with Gasteiger partial charge in [0.1, 0.15) is 6.10 Å². The van der Waals surface area contributed by atoms with Gasteiger partial charge in [0.05, 0.1) is 16.9 Å². The Hall–Kier alpha value is -2.00. The molecule has 2 saturated heterocycles. The number of carbonyl (C=O) groups excluding carboxylic acids is 2. The summed E-state index contributed by atoms with van der Waals surface area (Å²) in [5, 5.41) is 0. The van der Waals surface area contributed by atoms with E-state index < -0.39 is 0 Å². The lowest BCUT2D eigenvalue weighted by Crippen LogP contribution is -2.47. The number of ether oxygens (including phenoxy) is 1. The van der Waals surface area contributed by atoms with Crippen molar-refractivity contribution in [3.05, 3.63) is 45.6 Å². The van der Waals surface area contributed by atoms with Crippen LogP contribution in [0.1, 0.15) is 19.3 Å². The monoisotopic (exact) mass is 522 g/mol. The largest absolute Gasteiger partial charge is 0.458 e. The van der Waals surface area contributed by atoms with Crippen LogP contribution in [-0.2, 0) is 9.59 Å². The zero-order valence-electron chi connectivity index (χ0n) is 15.6. The van der Waals surface area contributed by atoms with Crippen LogP contribution in [-0.4, -0.2) is 52.4 Å². The van der Waals surface area contributed by atoms with E-state index in [1.165, 1.54) is 0 Å². The van der Waals surface area contributed by atoms with E-state index in [1.807, 2.05) is 29.2 Å². The van der Waals surface area contributed by atoms with E-state index in [0.717, 1.165) is 27.5 Å². The quantitative estimate of drug-likeness (QED) is 0.613. The number of piperidine rings is 1.